The Morgan fingerprint density at radius 2 is 1.43 bits per heavy atom. The Morgan fingerprint density at radius 1 is 0.800 bits per heavy atom. The van der Waals surface area contributed by atoms with Crippen molar-refractivity contribution in [2.45, 2.75) is 32.3 Å². The Labute approximate surface area is 205 Å². The highest BCUT2D eigenvalue weighted by atomic mass is 16.6. The molecule has 0 heterocycles. The second-order valence-corrected chi connectivity index (χ2v) is 7.97. The van der Waals surface area contributed by atoms with Crippen molar-refractivity contribution in [1.82, 2.24) is 0 Å². The van der Waals surface area contributed by atoms with Gasteiger partial charge in [0.15, 0.2) is 17.7 Å². The lowest BCUT2D eigenvalue weighted by Crippen LogP contribution is -2.27. The van der Waals surface area contributed by atoms with E-state index >= 15 is 0 Å². The van der Waals surface area contributed by atoms with Crippen LogP contribution in [0.5, 0.6) is 5.75 Å². The molecule has 0 aliphatic heterocycles. The van der Waals surface area contributed by atoms with Crippen molar-refractivity contribution in [2.75, 3.05) is 20.3 Å². The van der Waals surface area contributed by atoms with Gasteiger partial charge in [-0.15, -0.1) is 0 Å². The second kappa shape index (κ2) is 13.2. The van der Waals surface area contributed by atoms with Crippen LogP contribution in [0, 0.1) is 0 Å². The third-order valence-electron chi connectivity index (χ3n) is 5.50. The zero-order valence-corrected chi connectivity index (χ0v) is 20.1. The molecule has 0 fully saturated rings. The molecule has 0 saturated carbocycles. The number of benzene rings is 3. The monoisotopic (exact) mass is 474 g/mol. The number of ether oxygens (including phenoxy) is 3. The Kier molecular flexibility index (Phi) is 9.75. The lowest BCUT2D eigenvalue weighted by molar-refractivity contribution is -0.154. The van der Waals surface area contributed by atoms with Crippen LogP contribution in [0.15, 0.2) is 78.9 Å². The Bertz CT molecular complexity index is 1100. The molecule has 3 aromatic carbocycles. The Hall–Kier alpha value is -3.77. The summed E-state index contributed by atoms with van der Waals surface area (Å²) in [5, 5.41) is 0. The van der Waals surface area contributed by atoms with E-state index in [0.717, 1.165) is 5.56 Å². The summed E-state index contributed by atoms with van der Waals surface area (Å²) in [6, 6.07) is 23.3. The van der Waals surface area contributed by atoms with Crippen LogP contribution >= 0.6 is 0 Å². The molecule has 35 heavy (non-hydrogen) atoms. The summed E-state index contributed by atoms with van der Waals surface area (Å²) in [6.07, 6.45) is 0.639. The molecular formula is C29H30O6. The van der Waals surface area contributed by atoms with Gasteiger partial charge < -0.3 is 14.2 Å². The van der Waals surface area contributed by atoms with E-state index in [1.54, 1.807) is 55.5 Å². The van der Waals surface area contributed by atoms with Crippen molar-refractivity contribution in [2.24, 2.45) is 0 Å². The Morgan fingerprint density at radius 3 is 2.06 bits per heavy atom. The maximum Gasteiger partial charge on any atom is 0.335 e. The van der Waals surface area contributed by atoms with Gasteiger partial charge in [-0.2, -0.15) is 0 Å². The largest absolute Gasteiger partial charge is 0.494 e. The molecule has 0 N–H and O–H groups in total. The molecule has 0 amide bonds. The number of hydrogen-bond donors (Lipinski definition) is 0. The van der Waals surface area contributed by atoms with Gasteiger partial charge in [-0.3, -0.25) is 9.59 Å². The summed E-state index contributed by atoms with van der Waals surface area (Å²) in [6.45, 7) is 2.45. The number of rotatable bonds is 13. The average Bonchev–Trinajstić information content (AvgIpc) is 2.90. The van der Waals surface area contributed by atoms with Crippen molar-refractivity contribution in [3.05, 3.63) is 101 Å². The zero-order chi connectivity index (χ0) is 25.0. The smallest absolute Gasteiger partial charge is 0.335 e. The molecular weight excluding hydrogens is 444 g/mol. The van der Waals surface area contributed by atoms with Gasteiger partial charge in [0.2, 0.25) is 0 Å². The predicted molar refractivity (Wildman–Crippen MR) is 133 cm³/mol. The van der Waals surface area contributed by atoms with Crippen LogP contribution in [-0.2, 0) is 20.7 Å². The second-order valence-electron chi connectivity index (χ2n) is 7.97. The fourth-order valence-corrected chi connectivity index (χ4v) is 3.56. The van der Waals surface area contributed by atoms with Gasteiger partial charge in [0.05, 0.1) is 13.2 Å². The van der Waals surface area contributed by atoms with Crippen molar-refractivity contribution in [3.8, 4) is 5.75 Å². The van der Waals surface area contributed by atoms with Crippen LogP contribution in [0.2, 0.25) is 0 Å². The number of hydrogen-bond acceptors (Lipinski definition) is 6. The van der Waals surface area contributed by atoms with E-state index in [0.29, 0.717) is 54.9 Å². The summed E-state index contributed by atoms with van der Waals surface area (Å²) in [4.78, 5) is 36.8. The van der Waals surface area contributed by atoms with Crippen molar-refractivity contribution in [3.63, 3.8) is 0 Å². The summed E-state index contributed by atoms with van der Waals surface area (Å²) < 4.78 is 15.9. The van der Waals surface area contributed by atoms with E-state index in [1.807, 2.05) is 30.3 Å². The molecule has 0 aliphatic carbocycles. The molecule has 3 aromatic rings. The summed E-state index contributed by atoms with van der Waals surface area (Å²) in [5.74, 6) is 0.248. The number of methoxy groups -OCH3 is 1. The Balaban J connectivity index is 1.43. The number of carbonyl (C=O) groups is 3. The maximum atomic E-state index is 12.5. The fraction of sp³-hybridized carbons (Fsp3) is 0.276. The van der Waals surface area contributed by atoms with Crippen molar-refractivity contribution < 1.29 is 28.6 Å². The van der Waals surface area contributed by atoms with E-state index < -0.39 is 12.1 Å². The van der Waals surface area contributed by atoms with Crippen molar-refractivity contribution in [1.29, 1.82) is 0 Å². The van der Waals surface area contributed by atoms with Gasteiger partial charge >= 0.3 is 5.97 Å². The quantitative estimate of drug-likeness (QED) is 0.195. The summed E-state index contributed by atoms with van der Waals surface area (Å²) in [5.41, 5.74) is 2.74. The first-order chi connectivity index (χ1) is 17.0. The molecule has 0 aliphatic rings. The van der Waals surface area contributed by atoms with Crippen LogP contribution in [0.3, 0.4) is 0 Å². The van der Waals surface area contributed by atoms with Gasteiger partial charge in [-0.05, 0) is 43.2 Å². The van der Waals surface area contributed by atoms with E-state index in [4.69, 9.17) is 14.2 Å². The van der Waals surface area contributed by atoms with Crippen LogP contribution < -0.4 is 4.74 Å². The van der Waals surface area contributed by atoms with Crippen molar-refractivity contribution >= 4 is 17.5 Å². The van der Waals surface area contributed by atoms with E-state index in [2.05, 4.69) is 0 Å². The first-order valence-electron chi connectivity index (χ1n) is 11.7. The lowest BCUT2D eigenvalue weighted by atomic mass is 10.0. The summed E-state index contributed by atoms with van der Waals surface area (Å²) in [7, 11) is 1.47. The average molecular weight is 475 g/mol. The molecule has 1 atom stereocenters. The molecule has 0 aromatic heterocycles. The zero-order valence-electron chi connectivity index (χ0n) is 20.1. The maximum absolute atomic E-state index is 12.5. The standard InChI is InChI=1S/C29H30O6/c1-3-34-29(32)27(33-2)20-21-11-13-22(14-12-21)26(30)10-7-19-35-25-17-15-24(16-18-25)28(31)23-8-5-4-6-9-23/h4-6,8-9,11-18,27H,3,7,10,19-20H2,1-2H3. The third kappa shape index (κ3) is 7.62. The minimum Gasteiger partial charge on any atom is -0.494 e. The van der Waals surface area contributed by atoms with E-state index in [-0.39, 0.29) is 11.6 Å². The van der Waals surface area contributed by atoms with E-state index in [9.17, 15) is 14.4 Å². The molecule has 0 bridgehead atoms. The highest BCUT2D eigenvalue weighted by Crippen LogP contribution is 2.17. The number of ketones is 2. The van der Waals surface area contributed by atoms with E-state index in [1.165, 1.54) is 7.11 Å². The topological polar surface area (TPSA) is 78.9 Å². The molecule has 6 heteroatoms. The fourth-order valence-electron chi connectivity index (χ4n) is 3.56. The lowest BCUT2D eigenvalue weighted by Gasteiger charge is -2.14. The molecule has 6 nitrogen and oxygen atoms in total. The van der Waals surface area contributed by atoms with Gasteiger partial charge in [0.25, 0.3) is 0 Å². The van der Waals surface area contributed by atoms with Gasteiger partial charge in [0.1, 0.15) is 5.75 Å². The van der Waals surface area contributed by atoms with Gasteiger partial charge in [0, 0.05) is 36.6 Å². The van der Waals surface area contributed by atoms with Crippen LogP contribution in [0.4, 0.5) is 0 Å². The highest BCUT2D eigenvalue weighted by Gasteiger charge is 2.19. The van der Waals surface area contributed by atoms with Crippen LogP contribution in [0.25, 0.3) is 0 Å². The molecule has 1 unspecified atom stereocenters. The number of Topliss-reactive ketones (excluding diaryl/α,β-unsaturated/α-hetero) is 1. The molecule has 0 radical (unpaired) electrons. The highest BCUT2D eigenvalue weighted by molar-refractivity contribution is 6.09. The molecule has 0 spiro atoms. The van der Waals surface area contributed by atoms with Crippen LogP contribution in [0.1, 0.15) is 51.6 Å². The minimum atomic E-state index is -0.667. The minimum absolute atomic E-state index is 0.0256. The number of carbonyl (C=O) groups excluding carboxylic acids is 3. The SMILES string of the molecule is CCOC(=O)C(Cc1ccc(C(=O)CCCOc2ccc(C(=O)c3ccccc3)cc2)cc1)OC. The molecule has 3 rings (SSSR count). The first-order valence-corrected chi connectivity index (χ1v) is 11.7. The van der Waals surface area contributed by atoms with Gasteiger partial charge in [-0.25, -0.2) is 4.79 Å². The number of esters is 1. The molecule has 0 saturated heterocycles. The predicted octanol–water partition coefficient (Wildman–Crippen LogP) is 5.08. The van der Waals surface area contributed by atoms with Gasteiger partial charge in [-0.1, -0.05) is 54.6 Å². The normalized spacial score (nSPS) is 11.5. The molecule has 182 valence electrons. The summed E-state index contributed by atoms with van der Waals surface area (Å²) >= 11 is 0. The third-order valence-corrected chi connectivity index (χ3v) is 5.50. The first kappa shape index (κ1) is 25.8. The van der Waals surface area contributed by atoms with Crippen LogP contribution in [-0.4, -0.2) is 44.0 Å².